The van der Waals surface area contributed by atoms with E-state index in [1.165, 1.54) is 0 Å². The number of hydrogen-bond donors (Lipinski definition) is 2. The first-order chi connectivity index (χ1) is 7.77. The van der Waals surface area contributed by atoms with Crippen LogP contribution in [0.15, 0.2) is 18.5 Å². The van der Waals surface area contributed by atoms with Crippen molar-refractivity contribution in [1.82, 2.24) is 15.1 Å². The third kappa shape index (κ3) is 2.41. The molecule has 2 rings (SSSR count). The topological polar surface area (TPSA) is 72.9 Å². The zero-order valence-electron chi connectivity index (χ0n) is 9.35. The lowest BCUT2D eigenvalue weighted by molar-refractivity contribution is -0.125. The number of nitrogens with zero attached hydrogens (tertiary/aromatic N) is 2. The van der Waals surface area contributed by atoms with E-state index in [9.17, 15) is 4.79 Å². The van der Waals surface area contributed by atoms with Crippen LogP contribution in [-0.4, -0.2) is 28.8 Å². The molecule has 1 aliphatic rings. The Bertz CT molecular complexity index is 343. The van der Waals surface area contributed by atoms with Gasteiger partial charge >= 0.3 is 0 Å². The molecule has 88 valence electrons. The summed E-state index contributed by atoms with van der Waals surface area (Å²) in [6, 6.07) is 1.90. The summed E-state index contributed by atoms with van der Waals surface area (Å²) in [5.41, 5.74) is 5.35. The van der Waals surface area contributed by atoms with Crippen molar-refractivity contribution in [1.29, 1.82) is 0 Å². The first-order valence-electron chi connectivity index (χ1n) is 5.73. The number of aromatic nitrogens is 2. The zero-order valence-corrected chi connectivity index (χ0v) is 9.35. The molecule has 1 aromatic heterocycles. The number of hydrogen-bond acceptors (Lipinski definition) is 3. The number of aryl methyl sites for hydroxylation is 1. The Kier molecular flexibility index (Phi) is 3.24. The number of carbonyl (C=O) groups excluding carboxylic acids is 1. The van der Waals surface area contributed by atoms with E-state index in [0.717, 1.165) is 25.8 Å². The van der Waals surface area contributed by atoms with Crippen LogP contribution in [-0.2, 0) is 11.3 Å². The van der Waals surface area contributed by atoms with Crippen LogP contribution in [0, 0.1) is 5.41 Å². The summed E-state index contributed by atoms with van der Waals surface area (Å²) in [5, 5.41) is 7.03. The highest BCUT2D eigenvalue weighted by molar-refractivity contribution is 5.85. The number of amides is 1. The van der Waals surface area contributed by atoms with E-state index in [0.29, 0.717) is 13.1 Å². The van der Waals surface area contributed by atoms with Gasteiger partial charge in [0.1, 0.15) is 0 Å². The third-order valence-corrected chi connectivity index (χ3v) is 3.13. The largest absolute Gasteiger partial charge is 0.356 e. The minimum absolute atomic E-state index is 0.121. The fourth-order valence-corrected chi connectivity index (χ4v) is 1.74. The smallest absolute Gasteiger partial charge is 0.227 e. The standard InChI is InChI=1S/C11H18N4O/c12-9-11(3-4-11)10(16)13-5-1-7-15-8-2-6-14-15/h2,6,8H,1,3-5,7,9,12H2,(H,13,16). The summed E-state index contributed by atoms with van der Waals surface area (Å²) in [6.07, 6.45) is 6.45. The molecule has 1 amide bonds. The lowest BCUT2D eigenvalue weighted by atomic mass is 10.1. The Labute approximate surface area is 95.0 Å². The molecule has 0 radical (unpaired) electrons. The van der Waals surface area contributed by atoms with E-state index in [-0.39, 0.29) is 11.3 Å². The zero-order chi connectivity index (χ0) is 11.4. The fraction of sp³-hybridized carbons (Fsp3) is 0.636. The molecule has 1 heterocycles. The molecule has 0 aromatic carbocycles. The predicted molar refractivity (Wildman–Crippen MR) is 60.6 cm³/mol. The Morgan fingerprint density at radius 3 is 2.94 bits per heavy atom. The maximum Gasteiger partial charge on any atom is 0.227 e. The highest BCUT2D eigenvalue weighted by Gasteiger charge is 2.48. The quantitative estimate of drug-likeness (QED) is 0.672. The number of carbonyl (C=O) groups is 1. The van der Waals surface area contributed by atoms with Crippen LogP contribution in [0.4, 0.5) is 0 Å². The van der Waals surface area contributed by atoms with Crippen LogP contribution < -0.4 is 11.1 Å². The van der Waals surface area contributed by atoms with Gasteiger partial charge in [0.05, 0.1) is 5.41 Å². The molecule has 0 atom stereocenters. The van der Waals surface area contributed by atoms with Gasteiger partial charge in [0.25, 0.3) is 0 Å². The van der Waals surface area contributed by atoms with Crippen molar-refractivity contribution < 1.29 is 4.79 Å². The SMILES string of the molecule is NCC1(C(=O)NCCCn2cccn2)CC1. The lowest BCUT2D eigenvalue weighted by Crippen LogP contribution is -2.37. The number of rotatable bonds is 6. The van der Waals surface area contributed by atoms with Crippen LogP contribution in [0.3, 0.4) is 0 Å². The second-order valence-electron chi connectivity index (χ2n) is 4.36. The van der Waals surface area contributed by atoms with Crippen LogP contribution >= 0.6 is 0 Å². The van der Waals surface area contributed by atoms with Crippen molar-refractivity contribution in [3.63, 3.8) is 0 Å². The second kappa shape index (κ2) is 4.65. The summed E-state index contributed by atoms with van der Waals surface area (Å²) in [6.45, 7) is 2.00. The van der Waals surface area contributed by atoms with Gasteiger partial charge in [0.15, 0.2) is 0 Å². The van der Waals surface area contributed by atoms with Gasteiger partial charge < -0.3 is 11.1 Å². The van der Waals surface area contributed by atoms with Gasteiger partial charge in [-0.25, -0.2) is 0 Å². The molecule has 1 saturated carbocycles. The average Bonchev–Trinajstić information content (AvgIpc) is 2.94. The molecule has 1 fully saturated rings. The van der Waals surface area contributed by atoms with E-state index >= 15 is 0 Å². The van der Waals surface area contributed by atoms with E-state index in [4.69, 9.17) is 5.73 Å². The normalized spacial score (nSPS) is 17.1. The van der Waals surface area contributed by atoms with Crippen molar-refractivity contribution in [2.45, 2.75) is 25.8 Å². The number of nitrogens with two attached hydrogens (primary N) is 1. The summed E-state index contributed by atoms with van der Waals surface area (Å²) in [7, 11) is 0. The summed E-state index contributed by atoms with van der Waals surface area (Å²) >= 11 is 0. The minimum atomic E-state index is -0.230. The Balaban J connectivity index is 1.63. The molecule has 1 aliphatic carbocycles. The molecule has 3 N–H and O–H groups in total. The van der Waals surface area contributed by atoms with Crippen LogP contribution in [0.1, 0.15) is 19.3 Å². The van der Waals surface area contributed by atoms with Crippen molar-refractivity contribution in [2.75, 3.05) is 13.1 Å². The van der Waals surface area contributed by atoms with Gasteiger partial charge in [-0.05, 0) is 25.3 Å². The van der Waals surface area contributed by atoms with E-state index in [2.05, 4.69) is 10.4 Å². The molecule has 0 unspecified atom stereocenters. The molecule has 1 aromatic rings. The van der Waals surface area contributed by atoms with Gasteiger partial charge in [-0.3, -0.25) is 9.48 Å². The Hall–Kier alpha value is -1.36. The van der Waals surface area contributed by atoms with Crippen molar-refractivity contribution in [3.8, 4) is 0 Å². The highest BCUT2D eigenvalue weighted by Crippen LogP contribution is 2.44. The van der Waals surface area contributed by atoms with Gasteiger partial charge in [-0.2, -0.15) is 5.10 Å². The van der Waals surface area contributed by atoms with Crippen LogP contribution in [0.2, 0.25) is 0 Å². The van der Waals surface area contributed by atoms with Gasteiger partial charge in [-0.15, -0.1) is 0 Å². The maximum atomic E-state index is 11.7. The van der Waals surface area contributed by atoms with Gasteiger partial charge in [0.2, 0.25) is 5.91 Å². The minimum Gasteiger partial charge on any atom is -0.356 e. The van der Waals surface area contributed by atoms with Crippen LogP contribution in [0.5, 0.6) is 0 Å². The first kappa shape index (κ1) is 11.1. The van der Waals surface area contributed by atoms with E-state index < -0.39 is 0 Å². The lowest BCUT2D eigenvalue weighted by Gasteiger charge is -2.12. The molecule has 5 heteroatoms. The second-order valence-corrected chi connectivity index (χ2v) is 4.36. The molecule has 0 saturated heterocycles. The van der Waals surface area contributed by atoms with Gasteiger partial charge in [0, 0.05) is 32.0 Å². The molecular weight excluding hydrogens is 204 g/mol. The predicted octanol–water partition coefficient (Wildman–Crippen LogP) is 0.128. The fourth-order valence-electron chi connectivity index (χ4n) is 1.74. The Morgan fingerprint density at radius 2 is 2.38 bits per heavy atom. The van der Waals surface area contributed by atoms with Gasteiger partial charge in [-0.1, -0.05) is 0 Å². The maximum absolute atomic E-state index is 11.7. The first-order valence-corrected chi connectivity index (χ1v) is 5.73. The summed E-state index contributed by atoms with van der Waals surface area (Å²) < 4.78 is 1.86. The molecule has 5 nitrogen and oxygen atoms in total. The summed E-state index contributed by atoms with van der Waals surface area (Å²) in [5.74, 6) is 0.121. The number of nitrogens with one attached hydrogen (secondary N) is 1. The monoisotopic (exact) mass is 222 g/mol. The van der Waals surface area contributed by atoms with Crippen molar-refractivity contribution >= 4 is 5.91 Å². The Morgan fingerprint density at radius 1 is 1.56 bits per heavy atom. The van der Waals surface area contributed by atoms with Crippen molar-refractivity contribution in [3.05, 3.63) is 18.5 Å². The molecule has 0 spiro atoms. The average molecular weight is 222 g/mol. The third-order valence-electron chi connectivity index (χ3n) is 3.13. The van der Waals surface area contributed by atoms with E-state index in [1.54, 1.807) is 6.20 Å². The van der Waals surface area contributed by atoms with Crippen molar-refractivity contribution in [2.24, 2.45) is 11.1 Å². The molecule has 0 bridgehead atoms. The molecule has 16 heavy (non-hydrogen) atoms. The summed E-state index contributed by atoms with van der Waals surface area (Å²) in [4.78, 5) is 11.7. The van der Waals surface area contributed by atoms with E-state index in [1.807, 2.05) is 16.9 Å². The molecular formula is C11H18N4O. The highest BCUT2D eigenvalue weighted by atomic mass is 16.2. The van der Waals surface area contributed by atoms with Crippen LogP contribution in [0.25, 0.3) is 0 Å². The molecule has 0 aliphatic heterocycles.